The highest BCUT2D eigenvalue weighted by Gasteiger charge is 2.11. The highest BCUT2D eigenvalue weighted by Crippen LogP contribution is 2.27. The quantitative estimate of drug-likeness (QED) is 0.351. The Balaban J connectivity index is 1.54. The van der Waals surface area contributed by atoms with Gasteiger partial charge in [-0.2, -0.15) is 0 Å². The van der Waals surface area contributed by atoms with Gasteiger partial charge in [-0.15, -0.1) is 0 Å². The Kier molecular flexibility index (Phi) is 6.16. The van der Waals surface area contributed by atoms with Gasteiger partial charge in [0, 0.05) is 10.9 Å². The van der Waals surface area contributed by atoms with E-state index < -0.39 is 11.6 Å². The lowest BCUT2D eigenvalue weighted by Gasteiger charge is -2.09. The van der Waals surface area contributed by atoms with Crippen LogP contribution in [0.25, 0.3) is 22.2 Å². The number of aryl methyl sites for hydroxylation is 2. The van der Waals surface area contributed by atoms with Crippen molar-refractivity contribution in [3.8, 4) is 17.1 Å². The molecular formula is C25H21F3N2O. The molecule has 0 unspecified atom stereocenters. The van der Waals surface area contributed by atoms with E-state index in [-0.39, 0.29) is 5.82 Å². The van der Waals surface area contributed by atoms with Gasteiger partial charge in [-0.05, 0) is 54.0 Å². The summed E-state index contributed by atoms with van der Waals surface area (Å²) in [5.74, 6) is -0.938. The Hall–Kier alpha value is -3.41. The van der Waals surface area contributed by atoms with Gasteiger partial charge in [0.25, 0.3) is 0 Å². The summed E-state index contributed by atoms with van der Waals surface area (Å²) >= 11 is 0. The number of ether oxygens (including phenoxy) is 1. The number of benzene rings is 3. The van der Waals surface area contributed by atoms with E-state index in [4.69, 9.17) is 4.74 Å². The van der Waals surface area contributed by atoms with Crippen LogP contribution in [0.4, 0.5) is 13.2 Å². The lowest BCUT2D eigenvalue weighted by atomic mass is 9.99. The fraction of sp³-hybridized carbons (Fsp3) is 0.200. The van der Waals surface area contributed by atoms with Crippen molar-refractivity contribution >= 4 is 10.8 Å². The van der Waals surface area contributed by atoms with Crippen LogP contribution in [-0.2, 0) is 12.8 Å². The molecule has 0 radical (unpaired) electrons. The Bertz CT molecular complexity index is 1210. The van der Waals surface area contributed by atoms with Gasteiger partial charge in [0.15, 0.2) is 23.2 Å². The third-order valence-corrected chi connectivity index (χ3v) is 5.06. The summed E-state index contributed by atoms with van der Waals surface area (Å²) in [6, 6.07) is 12.7. The lowest BCUT2D eigenvalue weighted by Crippen LogP contribution is -1.98. The molecule has 0 amide bonds. The molecule has 0 aliphatic carbocycles. The molecule has 31 heavy (non-hydrogen) atoms. The standard InChI is InChI=1S/C25H21F3N2O/c1-2-11-31-20-14-29-25(30-15-20)19-8-9-21-18(13-19)7-6-17(24(21)28)5-3-16-4-10-22(26)23(27)12-16/h4,6-10,12-15H,2-3,5,11H2,1H3. The number of hydrogen-bond acceptors (Lipinski definition) is 3. The van der Waals surface area contributed by atoms with E-state index in [9.17, 15) is 8.78 Å². The van der Waals surface area contributed by atoms with E-state index in [1.807, 2.05) is 19.1 Å². The van der Waals surface area contributed by atoms with Crippen LogP contribution in [0.2, 0.25) is 0 Å². The number of aromatic nitrogens is 2. The van der Waals surface area contributed by atoms with Crippen molar-refractivity contribution in [2.24, 2.45) is 0 Å². The molecular weight excluding hydrogens is 401 g/mol. The number of fused-ring (bicyclic) bond motifs is 1. The number of rotatable bonds is 7. The molecule has 1 heterocycles. The second-order valence-corrected chi connectivity index (χ2v) is 7.31. The molecule has 3 nitrogen and oxygen atoms in total. The average molecular weight is 422 g/mol. The van der Waals surface area contributed by atoms with Crippen molar-refractivity contribution in [2.75, 3.05) is 6.61 Å². The minimum Gasteiger partial charge on any atom is -0.490 e. The Labute approximate surface area is 178 Å². The first-order valence-electron chi connectivity index (χ1n) is 10.2. The zero-order valence-electron chi connectivity index (χ0n) is 17.0. The van der Waals surface area contributed by atoms with Crippen LogP contribution >= 0.6 is 0 Å². The van der Waals surface area contributed by atoms with Crippen molar-refractivity contribution < 1.29 is 17.9 Å². The average Bonchev–Trinajstić information content (AvgIpc) is 2.79. The Morgan fingerprint density at radius 1 is 0.839 bits per heavy atom. The first-order chi connectivity index (χ1) is 15.0. The van der Waals surface area contributed by atoms with Crippen LogP contribution in [0.15, 0.2) is 60.9 Å². The molecule has 0 N–H and O–H groups in total. The van der Waals surface area contributed by atoms with Gasteiger partial charge in [-0.25, -0.2) is 23.1 Å². The summed E-state index contributed by atoms with van der Waals surface area (Å²) in [5.41, 5.74) is 1.93. The van der Waals surface area contributed by atoms with Gasteiger partial charge >= 0.3 is 0 Å². The Morgan fingerprint density at radius 3 is 2.39 bits per heavy atom. The molecule has 0 fully saturated rings. The fourth-order valence-corrected chi connectivity index (χ4v) is 3.40. The molecule has 0 spiro atoms. The maximum atomic E-state index is 15.0. The van der Waals surface area contributed by atoms with E-state index in [0.717, 1.165) is 29.5 Å². The number of halogens is 3. The van der Waals surface area contributed by atoms with E-state index in [1.165, 1.54) is 6.07 Å². The van der Waals surface area contributed by atoms with Gasteiger partial charge in [-0.1, -0.05) is 37.3 Å². The topological polar surface area (TPSA) is 35.0 Å². The summed E-state index contributed by atoms with van der Waals surface area (Å²) in [6.07, 6.45) is 4.96. The zero-order valence-corrected chi connectivity index (χ0v) is 17.0. The third kappa shape index (κ3) is 4.68. The van der Waals surface area contributed by atoms with Crippen molar-refractivity contribution in [2.45, 2.75) is 26.2 Å². The highest BCUT2D eigenvalue weighted by molar-refractivity contribution is 5.87. The van der Waals surface area contributed by atoms with Crippen molar-refractivity contribution in [3.05, 3.63) is 89.5 Å². The van der Waals surface area contributed by atoms with Gasteiger partial charge < -0.3 is 4.74 Å². The normalized spacial score (nSPS) is 11.1. The first kappa shape index (κ1) is 20.8. The van der Waals surface area contributed by atoms with Crippen LogP contribution in [0, 0.1) is 17.5 Å². The van der Waals surface area contributed by atoms with Gasteiger partial charge in [0.05, 0.1) is 19.0 Å². The molecule has 0 bridgehead atoms. The smallest absolute Gasteiger partial charge is 0.159 e. The maximum Gasteiger partial charge on any atom is 0.159 e. The van der Waals surface area contributed by atoms with E-state index in [2.05, 4.69) is 9.97 Å². The van der Waals surface area contributed by atoms with Crippen LogP contribution in [0.5, 0.6) is 5.75 Å². The predicted molar refractivity (Wildman–Crippen MR) is 114 cm³/mol. The first-order valence-corrected chi connectivity index (χ1v) is 10.2. The predicted octanol–water partition coefficient (Wildman–Crippen LogP) is 6.29. The second kappa shape index (κ2) is 9.16. The van der Waals surface area contributed by atoms with Crippen molar-refractivity contribution in [1.29, 1.82) is 0 Å². The summed E-state index contributed by atoms with van der Waals surface area (Å²) in [4.78, 5) is 8.68. The third-order valence-electron chi connectivity index (χ3n) is 5.06. The fourth-order valence-electron chi connectivity index (χ4n) is 3.40. The van der Waals surface area contributed by atoms with Gasteiger partial charge in [-0.3, -0.25) is 0 Å². The highest BCUT2D eigenvalue weighted by atomic mass is 19.2. The minimum absolute atomic E-state index is 0.309. The van der Waals surface area contributed by atoms with E-state index in [0.29, 0.717) is 47.5 Å². The van der Waals surface area contributed by atoms with Crippen LogP contribution in [-0.4, -0.2) is 16.6 Å². The molecule has 158 valence electrons. The lowest BCUT2D eigenvalue weighted by molar-refractivity contribution is 0.315. The molecule has 6 heteroatoms. The molecule has 0 aliphatic rings. The molecule has 3 aromatic carbocycles. The number of hydrogen-bond donors (Lipinski definition) is 0. The van der Waals surface area contributed by atoms with Crippen LogP contribution < -0.4 is 4.74 Å². The number of nitrogens with zero attached hydrogens (tertiary/aromatic N) is 2. The largest absolute Gasteiger partial charge is 0.490 e. The van der Waals surface area contributed by atoms with Crippen LogP contribution in [0.1, 0.15) is 24.5 Å². The second-order valence-electron chi connectivity index (χ2n) is 7.31. The summed E-state index contributed by atoms with van der Waals surface area (Å²) in [5, 5.41) is 1.23. The molecule has 0 saturated heterocycles. The molecule has 0 saturated carbocycles. The molecule has 0 atom stereocenters. The van der Waals surface area contributed by atoms with E-state index >= 15 is 4.39 Å². The summed E-state index contributed by atoms with van der Waals surface area (Å²) in [7, 11) is 0. The van der Waals surface area contributed by atoms with Gasteiger partial charge in [0.1, 0.15) is 5.82 Å². The maximum absolute atomic E-state index is 15.0. The summed E-state index contributed by atoms with van der Waals surface area (Å²) in [6.45, 7) is 2.63. The molecule has 4 rings (SSSR count). The summed E-state index contributed by atoms with van der Waals surface area (Å²) < 4.78 is 47.0. The monoisotopic (exact) mass is 422 g/mol. The SMILES string of the molecule is CCCOc1cnc(-c2ccc3c(F)c(CCc4ccc(F)c(F)c4)ccc3c2)nc1. The zero-order chi connectivity index (χ0) is 21.8. The molecule has 1 aromatic heterocycles. The van der Waals surface area contributed by atoms with Crippen molar-refractivity contribution in [1.82, 2.24) is 9.97 Å². The minimum atomic E-state index is -0.892. The van der Waals surface area contributed by atoms with Crippen molar-refractivity contribution in [3.63, 3.8) is 0 Å². The Morgan fingerprint density at radius 2 is 1.65 bits per heavy atom. The molecule has 4 aromatic rings. The van der Waals surface area contributed by atoms with Gasteiger partial charge in [0.2, 0.25) is 0 Å². The van der Waals surface area contributed by atoms with E-state index in [1.54, 1.807) is 30.6 Å². The van der Waals surface area contributed by atoms with Crippen LogP contribution in [0.3, 0.4) is 0 Å². The molecule has 0 aliphatic heterocycles.